The van der Waals surface area contributed by atoms with Crippen molar-refractivity contribution in [3.05, 3.63) is 33.4 Å². The lowest BCUT2D eigenvalue weighted by Gasteiger charge is -2.12. The van der Waals surface area contributed by atoms with E-state index in [1.54, 1.807) is 0 Å². The predicted molar refractivity (Wildman–Crippen MR) is 152 cm³/mol. The van der Waals surface area contributed by atoms with E-state index in [4.69, 9.17) is 47.4 Å². The number of hydrogen-bond donors (Lipinski definition) is 9. The number of guanidine groups is 1. The lowest BCUT2D eigenvalue weighted by atomic mass is 10.5. The molecule has 228 valence electrons. The van der Waals surface area contributed by atoms with E-state index in [2.05, 4.69) is 29.9 Å². The largest absolute Gasteiger partial charge is 0.480 e. The average Bonchev–Trinajstić information content (AvgIpc) is 3.49. The van der Waals surface area contributed by atoms with Gasteiger partial charge in [-0.15, -0.1) is 0 Å². The van der Waals surface area contributed by atoms with Crippen LogP contribution in [-0.4, -0.2) is 134 Å². The maximum atomic E-state index is 11.4. The highest BCUT2D eigenvalue weighted by Crippen LogP contribution is 2.07. The van der Waals surface area contributed by atoms with E-state index in [-0.39, 0.29) is 109 Å². The summed E-state index contributed by atoms with van der Waals surface area (Å²) in [6.07, 6.45) is 2.87. The number of nitrogens with one attached hydrogen (secondary N) is 3. The van der Waals surface area contributed by atoms with Gasteiger partial charge in [0.25, 0.3) is 11.1 Å². The second-order valence-electron chi connectivity index (χ2n) is 7.83. The summed E-state index contributed by atoms with van der Waals surface area (Å²) in [4.78, 5) is 54.3. The summed E-state index contributed by atoms with van der Waals surface area (Å²) in [7, 11) is 1.44. The third-order valence-corrected chi connectivity index (χ3v) is 4.70. The van der Waals surface area contributed by atoms with E-state index < -0.39 is 5.97 Å². The zero-order valence-electron chi connectivity index (χ0n) is 21.8. The number of nitrogens with two attached hydrogens (primary N) is 3. The number of aromatic nitrogens is 8. The zero-order chi connectivity index (χ0) is 30.5. The fourth-order valence-corrected chi connectivity index (χ4v) is 2.87. The summed E-state index contributed by atoms with van der Waals surface area (Å²) in [5.74, 6) is -1.17. The quantitative estimate of drug-likeness (QED) is 0.0354. The molecule has 0 saturated heterocycles. The van der Waals surface area contributed by atoms with Gasteiger partial charge in [0.1, 0.15) is 20.0 Å². The van der Waals surface area contributed by atoms with Gasteiger partial charge < -0.3 is 46.9 Å². The molecule has 0 amide bonds. The van der Waals surface area contributed by atoms with Crippen LogP contribution in [0.5, 0.6) is 0 Å². The normalized spacial score (nSPS) is 10.3. The summed E-state index contributed by atoms with van der Waals surface area (Å²) in [6.45, 7) is 0.373. The molecule has 4 heterocycles. The van der Waals surface area contributed by atoms with Crippen molar-refractivity contribution in [3.63, 3.8) is 0 Å². The molecule has 0 bridgehead atoms. The van der Waals surface area contributed by atoms with Crippen LogP contribution in [-0.2, 0) is 27.7 Å². The number of aliphatic carboxylic acids is 1. The number of anilines is 2. The van der Waals surface area contributed by atoms with Crippen LogP contribution in [0.2, 0.25) is 0 Å². The van der Waals surface area contributed by atoms with Crippen molar-refractivity contribution in [2.75, 3.05) is 51.5 Å². The Hall–Kier alpha value is -4.35. The first-order valence-electron chi connectivity index (χ1n) is 11.5. The standard InChI is InChI=1S/2C8H11N5O3.C4H9N3O2.Mg.2H/c2*9-8-11-6-5(7(15)12-8)10-3-13(6)4-16-2-1-14;1-7(4(5)6)2-3(8)9;;;/h2*3,14H,1-2,4H2,(H3,9,11,12,15);2H2,1H3,(H3,5,6)(H,8,9);;;. The molecule has 0 radical (unpaired) electrons. The van der Waals surface area contributed by atoms with Gasteiger partial charge in [0, 0.05) is 7.05 Å². The van der Waals surface area contributed by atoms with Gasteiger partial charge in [0.05, 0.1) is 39.1 Å². The summed E-state index contributed by atoms with van der Waals surface area (Å²) in [5, 5.41) is 32.0. The fraction of sp³-hybridized carbons (Fsp3) is 0.400. The zero-order valence-corrected chi connectivity index (χ0v) is 21.8. The first-order chi connectivity index (χ1) is 19.5. The monoisotopic (exact) mass is 607 g/mol. The molecular weight excluding hydrogens is 575 g/mol. The van der Waals surface area contributed by atoms with Gasteiger partial charge in [-0.05, 0) is 0 Å². The number of H-pyrrole nitrogens is 2. The molecule has 0 aliphatic carbocycles. The summed E-state index contributed by atoms with van der Waals surface area (Å²) >= 11 is 0. The van der Waals surface area contributed by atoms with Crippen LogP contribution in [0.25, 0.3) is 22.3 Å². The molecule has 0 spiro atoms. The van der Waals surface area contributed by atoms with Gasteiger partial charge in [-0.3, -0.25) is 38.9 Å². The Morgan fingerprint density at radius 3 is 1.67 bits per heavy atom. The van der Waals surface area contributed by atoms with Crippen LogP contribution in [0, 0.1) is 5.41 Å². The number of aliphatic hydroxyl groups excluding tert-OH is 2. The first kappa shape index (κ1) is 35.7. The lowest BCUT2D eigenvalue weighted by molar-refractivity contribution is -0.137. The number of rotatable bonds is 10. The number of likely N-dealkylation sites (N-methyl/N-ethyl adjacent to an activating group) is 1. The predicted octanol–water partition coefficient (Wildman–Crippen LogP) is -4.68. The maximum absolute atomic E-state index is 11.4. The second-order valence-corrected chi connectivity index (χ2v) is 7.83. The molecule has 0 aliphatic heterocycles. The molecule has 4 rings (SSSR count). The van der Waals surface area contributed by atoms with Crippen molar-refractivity contribution in [3.8, 4) is 0 Å². The number of carboxylic acid groups (broad SMARTS) is 1. The Morgan fingerprint density at radius 2 is 1.36 bits per heavy atom. The summed E-state index contributed by atoms with van der Waals surface area (Å²) in [6, 6.07) is 0. The first-order valence-corrected chi connectivity index (χ1v) is 11.5. The Morgan fingerprint density at radius 1 is 0.952 bits per heavy atom. The van der Waals surface area contributed by atoms with Gasteiger partial charge in [-0.25, -0.2) is 9.97 Å². The molecule has 0 aromatic carbocycles. The molecule has 0 saturated carbocycles. The number of nitrogen functional groups attached to an aromatic ring is 2. The highest BCUT2D eigenvalue weighted by Gasteiger charge is 2.10. The number of carbonyl (C=O) groups is 1. The number of aromatic amines is 2. The van der Waals surface area contributed by atoms with Gasteiger partial charge in [-0.2, -0.15) is 9.97 Å². The van der Waals surface area contributed by atoms with E-state index in [0.717, 1.165) is 4.90 Å². The molecule has 4 aromatic rings. The minimum atomic E-state index is -0.993. The van der Waals surface area contributed by atoms with Crippen molar-refractivity contribution in [1.82, 2.24) is 43.9 Å². The summed E-state index contributed by atoms with van der Waals surface area (Å²) in [5.41, 5.74) is 16.1. The van der Waals surface area contributed by atoms with E-state index in [9.17, 15) is 14.4 Å². The van der Waals surface area contributed by atoms with Crippen molar-refractivity contribution in [2.45, 2.75) is 13.5 Å². The minimum Gasteiger partial charge on any atom is -0.480 e. The topological polar surface area (TPSA) is 329 Å². The number of imidazole rings is 2. The number of carboxylic acids is 1. The molecule has 0 aliphatic rings. The second kappa shape index (κ2) is 17.5. The van der Waals surface area contributed by atoms with Crippen LogP contribution in [0.15, 0.2) is 22.2 Å². The SMILES string of the molecule is CN(CC(=O)O)C(=N)N.Nc1nc2c(ncn2COCCO)c(=O)[nH]1.Nc1nc2c(ncn2COCCO)c(=O)[nH]1.[MgH2]. The molecule has 0 unspecified atom stereocenters. The van der Waals surface area contributed by atoms with Gasteiger partial charge in [0.2, 0.25) is 11.9 Å². The molecule has 0 atom stereocenters. The smallest absolute Gasteiger partial charge is 0.323 e. The van der Waals surface area contributed by atoms with E-state index >= 15 is 0 Å². The van der Waals surface area contributed by atoms with E-state index in [0.29, 0.717) is 11.3 Å². The van der Waals surface area contributed by atoms with Crippen molar-refractivity contribution in [1.29, 1.82) is 5.41 Å². The van der Waals surface area contributed by atoms with E-state index in [1.807, 2.05) is 0 Å². The number of fused-ring (bicyclic) bond motifs is 2. The molecule has 21 nitrogen and oxygen atoms in total. The number of aliphatic hydroxyl groups is 2. The molecule has 0 fully saturated rings. The number of hydrogen-bond acceptors (Lipinski definition) is 14. The maximum Gasteiger partial charge on any atom is 0.323 e. The number of ether oxygens (including phenoxy) is 2. The molecule has 4 aromatic heterocycles. The highest BCUT2D eigenvalue weighted by atomic mass is 24.3. The van der Waals surface area contributed by atoms with Crippen molar-refractivity contribution in [2.24, 2.45) is 5.73 Å². The Balaban J connectivity index is 0.000000326. The fourth-order valence-electron chi connectivity index (χ4n) is 2.87. The van der Waals surface area contributed by atoms with Crippen LogP contribution in [0.4, 0.5) is 11.9 Å². The Bertz CT molecular complexity index is 1470. The Labute approximate surface area is 251 Å². The molecule has 22 heteroatoms. The molecule has 12 N–H and O–H groups in total. The van der Waals surface area contributed by atoms with Crippen LogP contribution in [0.3, 0.4) is 0 Å². The minimum absolute atomic E-state index is 0. The lowest BCUT2D eigenvalue weighted by Crippen LogP contribution is -2.36. The van der Waals surface area contributed by atoms with Crippen LogP contribution in [0.1, 0.15) is 0 Å². The molecule has 42 heavy (non-hydrogen) atoms. The summed E-state index contributed by atoms with van der Waals surface area (Å²) < 4.78 is 13.3. The van der Waals surface area contributed by atoms with Crippen LogP contribution < -0.4 is 28.3 Å². The molecular formula is C20H33MgN13O8. The third-order valence-electron chi connectivity index (χ3n) is 4.70. The Kier molecular flexibility index (Phi) is 14.8. The van der Waals surface area contributed by atoms with Gasteiger partial charge in [-0.1, -0.05) is 0 Å². The number of nitrogens with zero attached hydrogens (tertiary/aromatic N) is 7. The third kappa shape index (κ3) is 10.6. The highest BCUT2D eigenvalue weighted by molar-refractivity contribution is 5.80. The van der Waals surface area contributed by atoms with Gasteiger partial charge >= 0.3 is 29.0 Å². The van der Waals surface area contributed by atoms with Gasteiger partial charge in [0.15, 0.2) is 28.3 Å². The van der Waals surface area contributed by atoms with E-state index in [1.165, 1.54) is 28.8 Å². The van der Waals surface area contributed by atoms with Crippen LogP contribution >= 0.6 is 0 Å². The van der Waals surface area contributed by atoms with Crippen molar-refractivity contribution >= 4 is 69.2 Å². The average molecular weight is 608 g/mol. The van der Waals surface area contributed by atoms with Crippen molar-refractivity contribution < 1.29 is 29.6 Å².